The number of pyridine rings is 1. The first kappa shape index (κ1) is 9.53. The largest absolute Gasteiger partial charge is 0.342 e. The third kappa shape index (κ3) is 2.08. The van der Waals surface area contributed by atoms with E-state index in [-0.39, 0.29) is 0 Å². The summed E-state index contributed by atoms with van der Waals surface area (Å²) < 4.78 is 1.76. The van der Waals surface area contributed by atoms with Gasteiger partial charge in [-0.05, 0) is 25.5 Å². The topological polar surface area (TPSA) is 42.2 Å². The highest BCUT2D eigenvalue weighted by atomic mass is 15.3. The van der Waals surface area contributed by atoms with Gasteiger partial charge in [-0.25, -0.2) is 4.52 Å². The van der Waals surface area contributed by atoms with Gasteiger partial charge in [0.25, 0.3) is 0 Å². The number of anilines is 1. The molecule has 0 atom stereocenters. The SMILES string of the molecule is CC#CCNc1nc2ccc(C)cn2n1. The summed E-state index contributed by atoms with van der Waals surface area (Å²) in [6, 6.07) is 3.96. The number of nitrogens with zero attached hydrogens (tertiary/aromatic N) is 3. The number of aryl methyl sites for hydroxylation is 1. The Balaban J connectivity index is 2.25. The molecule has 0 aliphatic carbocycles. The molecule has 0 unspecified atom stereocenters. The molecule has 2 aromatic rings. The van der Waals surface area contributed by atoms with Crippen molar-refractivity contribution in [2.45, 2.75) is 13.8 Å². The Morgan fingerprint density at radius 3 is 3.13 bits per heavy atom. The molecule has 0 aliphatic heterocycles. The second kappa shape index (κ2) is 4.01. The zero-order valence-electron chi connectivity index (χ0n) is 8.78. The van der Waals surface area contributed by atoms with Crippen molar-refractivity contribution in [3.05, 3.63) is 23.9 Å². The van der Waals surface area contributed by atoms with E-state index < -0.39 is 0 Å². The lowest BCUT2D eigenvalue weighted by Gasteiger charge is -1.92. The van der Waals surface area contributed by atoms with Crippen LogP contribution < -0.4 is 5.32 Å². The molecule has 0 aromatic carbocycles. The summed E-state index contributed by atoms with van der Waals surface area (Å²) in [5.41, 5.74) is 2.00. The molecule has 0 fully saturated rings. The molecule has 0 saturated carbocycles. The third-order valence-corrected chi connectivity index (χ3v) is 1.99. The first-order valence-corrected chi connectivity index (χ1v) is 4.76. The van der Waals surface area contributed by atoms with Crippen LogP contribution in [0, 0.1) is 18.8 Å². The Hall–Kier alpha value is -2.02. The highest BCUT2D eigenvalue weighted by molar-refractivity contribution is 5.44. The standard InChI is InChI=1S/C11H12N4/c1-3-4-7-12-11-13-10-6-5-9(2)8-15(10)14-11/h5-6,8H,7H2,1-2H3,(H,12,14). The van der Waals surface area contributed by atoms with Gasteiger partial charge >= 0.3 is 0 Å². The van der Waals surface area contributed by atoms with E-state index in [4.69, 9.17) is 0 Å². The lowest BCUT2D eigenvalue weighted by Crippen LogP contribution is -2.00. The maximum absolute atomic E-state index is 4.30. The van der Waals surface area contributed by atoms with E-state index in [9.17, 15) is 0 Å². The maximum atomic E-state index is 4.30. The fraction of sp³-hybridized carbons (Fsp3) is 0.273. The smallest absolute Gasteiger partial charge is 0.243 e. The minimum absolute atomic E-state index is 0.576. The van der Waals surface area contributed by atoms with E-state index in [0.29, 0.717) is 12.5 Å². The zero-order valence-corrected chi connectivity index (χ0v) is 8.78. The van der Waals surface area contributed by atoms with E-state index in [2.05, 4.69) is 27.2 Å². The lowest BCUT2D eigenvalue weighted by atomic mass is 10.3. The second-order valence-electron chi connectivity index (χ2n) is 3.22. The Kier molecular flexibility index (Phi) is 2.55. The molecule has 2 rings (SSSR count). The quantitative estimate of drug-likeness (QED) is 0.746. The van der Waals surface area contributed by atoms with Crippen LogP contribution in [0.5, 0.6) is 0 Å². The van der Waals surface area contributed by atoms with Crippen LogP contribution in [0.1, 0.15) is 12.5 Å². The summed E-state index contributed by atoms with van der Waals surface area (Å²) in [5.74, 6) is 6.32. The Labute approximate surface area is 88.3 Å². The van der Waals surface area contributed by atoms with Crippen molar-refractivity contribution in [1.82, 2.24) is 14.6 Å². The second-order valence-corrected chi connectivity index (χ2v) is 3.22. The van der Waals surface area contributed by atoms with Crippen molar-refractivity contribution in [3.63, 3.8) is 0 Å². The molecule has 4 nitrogen and oxygen atoms in total. The number of nitrogens with one attached hydrogen (secondary N) is 1. The van der Waals surface area contributed by atoms with E-state index in [1.807, 2.05) is 32.2 Å². The Bertz CT molecular complexity index is 530. The van der Waals surface area contributed by atoms with Crippen molar-refractivity contribution in [3.8, 4) is 11.8 Å². The van der Waals surface area contributed by atoms with Crippen LogP contribution in [0.15, 0.2) is 18.3 Å². The van der Waals surface area contributed by atoms with Crippen molar-refractivity contribution in [2.24, 2.45) is 0 Å². The molecular formula is C11H12N4. The van der Waals surface area contributed by atoms with Crippen molar-refractivity contribution in [2.75, 3.05) is 11.9 Å². The summed E-state index contributed by atoms with van der Waals surface area (Å²) in [5, 5.41) is 7.31. The molecule has 4 heteroatoms. The van der Waals surface area contributed by atoms with E-state index in [1.165, 1.54) is 0 Å². The van der Waals surface area contributed by atoms with Gasteiger partial charge in [0.15, 0.2) is 5.65 Å². The third-order valence-electron chi connectivity index (χ3n) is 1.99. The molecule has 2 heterocycles. The van der Waals surface area contributed by atoms with E-state index in [0.717, 1.165) is 11.2 Å². The van der Waals surface area contributed by atoms with Gasteiger partial charge < -0.3 is 5.32 Å². The minimum Gasteiger partial charge on any atom is -0.342 e. The van der Waals surface area contributed by atoms with Gasteiger partial charge in [0.05, 0.1) is 6.54 Å². The van der Waals surface area contributed by atoms with Crippen LogP contribution in [0.2, 0.25) is 0 Å². The van der Waals surface area contributed by atoms with Crippen LogP contribution in [0.3, 0.4) is 0 Å². The average Bonchev–Trinajstić information content (AvgIpc) is 2.60. The Morgan fingerprint density at radius 1 is 1.47 bits per heavy atom. The van der Waals surface area contributed by atoms with Crippen molar-refractivity contribution < 1.29 is 0 Å². The van der Waals surface area contributed by atoms with E-state index in [1.54, 1.807) is 4.52 Å². The fourth-order valence-corrected chi connectivity index (χ4v) is 1.27. The maximum Gasteiger partial charge on any atom is 0.243 e. The van der Waals surface area contributed by atoms with Crippen LogP contribution in [0.25, 0.3) is 5.65 Å². The minimum atomic E-state index is 0.576. The van der Waals surface area contributed by atoms with Crippen LogP contribution in [-0.2, 0) is 0 Å². The summed E-state index contributed by atoms with van der Waals surface area (Å²) in [7, 11) is 0. The van der Waals surface area contributed by atoms with Gasteiger partial charge in [-0.15, -0.1) is 11.0 Å². The molecule has 76 valence electrons. The normalized spacial score (nSPS) is 9.73. The van der Waals surface area contributed by atoms with Crippen LogP contribution in [-0.4, -0.2) is 21.1 Å². The molecule has 0 bridgehead atoms. The Morgan fingerprint density at radius 2 is 2.33 bits per heavy atom. The predicted octanol–water partition coefficient (Wildman–Crippen LogP) is 1.47. The van der Waals surface area contributed by atoms with Gasteiger partial charge in [0.1, 0.15) is 0 Å². The zero-order chi connectivity index (χ0) is 10.7. The molecule has 0 spiro atoms. The molecular weight excluding hydrogens is 188 g/mol. The van der Waals surface area contributed by atoms with Gasteiger partial charge in [-0.3, -0.25) is 0 Å². The molecule has 0 aliphatic rings. The predicted molar refractivity (Wildman–Crippen MR) is 59.7 cm³/mol. The summed E-state index contributed by atoms with van der Waals surface area (Å²) in [6.45, 7) is 4.41. The average molecular weight is 200 g/mol. The van der Waals surface area contributed by atoms with Gasteiger partial charge in [-0.2, -0.15) is 4.98 Å². The summed E-state index contributed by atoms with van der Waals surface area (Å²) in [6.07, 6.45) is 1.94. The fourth-order valence-electron chi connectivity index (χ4n) is 1.27. The van der Waals surface area contributed by atoms with Gasteiger partial charge in [-0.1, -0.05) is 12.0 Å². The van der Waals surface area contributed by atoms with Crippen molar-refractivity contribution in [1.29, 1.82) is 0 Å². The van der Waals surface area contributed by atoms with Gasteiger partial charge in [0, 0.05) is 6.20 Å². The van der Waals surface area contributed by atoms with Crippen molar-refractivity contribution >= 4 is 11.6 Å². The van der Waals surface area contributed by atoms with Crippen LogP contribution in [0.4, 0.5) is 5.95 Å². The van der Waals surface area contributed by atoms with Gasteiger partial charge in [0.2, 0.25) is 5.95 Å². The highest BCUT2D eigenvalue weighted by Gasteiger charge is 2.00. The summed E-state index contributed by atoms with van der Waals surface area (Å²) >= 11 is 0. The molecule has 2 aromatic heterocycles. The number of hydrogen-bond acceptors (Lipinski definition) is 3. The molecule has 0 saturated heterocycles. The number of aromatic nitrogens is 3. The van der Waals surface area contributed by atoms with E-state index >= 15 is 0 Å². The van der Waals surface area contributed by atoms with Crippen LogP contribution >= 0.6 is 0 Å². The molecule has 0 radical (unpaired) electrons. The molecule has 15 heavy (non-hydrogen) atoms. The highest BCUT2D eigenvalue weighted by Crippen LogP contribution is 2.06. The monoisotopic (exact) mass is 200 g/mol. The molecule has 0 amide bonds. The number of rotatable bonds is 2. The molecule has 1 N–H and O–H groups in total. The first-order chi connectivity index (χ1) is 7.29. The number of fused-ring (bicyclic) bond motifs is 1. The number of hydrogen-bond donors (Lipinski definition) is 1. The summed E-state index contributed by atoms with van der Waals surface area (Å²) in [4.78, 5) is 4.30. The lowest BCUT2D eigenvalue weighted by molar-refractivity contribution is 0.951. The first-order valence-electron chi connectivity index (χ1n) is 4.76.